The largest absolute Gasteiger partial charge is 0.490 e. The lowest BCUT2D eigenvalue weighted by Gasteiger charge is -2.60. The summed E-state index contributed by atoms with van der Waals surface area (Å²) in [6.45, 7) is 6.62. The second-order valence-corrected chi connectivity index (χ2v) is 9.24. The summed E-state index contributed by atoms with van der Waals surface area (Å²) in [6, 6.07) is 7.64. The molecule has 30 heavy (non-hydrogen) atoms. The molecule has 1 aliphatic heterocycles. The monoisotopic (exact) mass is 414 g/mol. The number of rotatable bonds is 6. The molecule has 1 unspecified atom stereocenters. The first kappa shape index (κ1) is 20.0. The maximum atomic E-state index is 10.8. The lowest BCUT2D eigenvalue weighted by atomic mass is 9.53. The molecule has 0 amide bonds. The summed E-state index contributed by atoms with van der Waals surface area (Å²) >= 11 is 0. The molecule has 4 saturated carbocycles. The van der Waals surface area contributed by atoms with Crippen molar-refractivity contribution in [3.05, 3.63) is 36.4 Å². The van der Waals surface area contributed by atoms with Crippen molar-refractivity contribution in [1.82, 2.24) is 0 Å². The van der Waals surface area contributed by atoms with Crippen molar-refractivity contribution in [3.8, 4) is 5.75 Å². The van der Waals surface area contributed by atoms with Crippen LogP contribution in [0.25, 0.3) is 5.57 Å². The van der Waals surface area contributed by atoms with E-state index in [4.69, 9.17) is 24.0 Å². The van der Waals surface area contributed by atoms with E-state index in [1.165, 1.54) is 39.0 Å². The minimum Gasteiger partial charge on any atom is -0.490 e. The van der Waals surface area contributed by atoms with Crippen LogP contribution in [0.5, 0.6) is 5.75 Å². The second kappa shape index (κ2) is 7.98. The molecule has 0 aromatic heterocycles. The molecule has 0 radical (unpaired) electrons. The van der Waals surface area contributed by atoms with E-state index in [-0.39, 0.29) is 18.7 Å². The zero-order valence-corrected chi connectivity index (χ0v) is 17.5. The van der Waals surface area contributed by atoms with Gasteiger partial charge in [-0.2, -0.15) is 4.89 Å². The quantitative estimate of drug-likeness (QED) is 0.396. The molecule has 1 atom stereocenters. The van der Waals surface area contributed by atoms with Gasteiger partial charge in [-0.05, 0) is 67.2 Å². The first-order valence-corrected chi connectivity index (χ1v) is 11.1. The molecule has 5 aliphatic rings. The number of carbonyl (C=O) groups excluding carboxylic acids is 1. The van der Waals surface area contributed by atoms with Gasteiger partial charge in [0.1, 0.15) is 25.1 Å². The molecule has 1 saturated heterocycles. The van der Waals surface area contributed by atoms with Gasteiger partial charge < -0.3 is 14.2 Å². The third-order valence-corrected chi connectivity index (χ3v) is 7.30. The van der Waals surface area contributed by atoms with Crippen LogP contribution in [0.3, 0.4) is 0 Å². The van der Waals surface area contributed by atoms with Crippen LogP contribution in [0.15, 0.2) is 30.8 Å². The van der Waals surface area contributed by atoms with Gasteiger partial charge in [-0.1, -0.05) is 18.7 Å². The normalized spacial score (nSPS) is 36.6. The lowest BCUT2D eigenvalue weighted by Crippen LogP contribution is -2.63. The highest BCUT2D eigenvalue weighted by Gasteiger charge is 2.61. The number of hydrogen-bond acceptors (Lipinski definition) is 6. The van der Waals surface area contributed by atoms with Crippen molar-refractivity contribution in [2.75, 3.05) is 19.8 Å². The Labute approximate surface area is 177 Å². The van der Waals surface area contributed by atoms with Crippen molar-refractivity contribution < 1.29 is 28.8 Å². The van der Waals surface area contributed by atoms with E-state index in [1.54, 1.807) is 0 Å². The van der Waals surface area contributed by atoms with E-state index in [0.29, 0.717) is 30.8 Å². The van der Waals surface area contributed by atoms with Crippen molar-refractivity contribution in [3.63, 3.8) is 0 Å². The topological polar surface area (TPSA) is 63.2 Å². The summed E-state index contributed by atoms with van der Waals surface area (Å²) in [5, 5.41) is 0. The van der Waals surface area contributed by atoms with Crippen molar-refractivity contribution in [2.45, 2.75) is 50.9 Å². The minimum absolute atomic E-state index is 0.236. The molecule has 162 valence electrons. The van der Waals surface area contributed by atoms with Crippen LogP contribution in [0.4, 0.5) is 0 Å². The SMILES string of the molecule is C=C(c1ccc(OCCOC(C)=O)cc1)C1COC2(OO1)C1CC3CC(C1)CC2C3. The molecule has 1 heterocycles. The van der Waals surface area contributed by atoms with E-state index in [0.717, 1.165) is 23.0 Å². The van der Waals surface area contributed by atoms with Gasteiger partial charge in [-0.25, -0.2) is 4.89 Å². The summed E-state index contributed by atoms with van der Waals surface area (Å²) in [6.07, 6.45) is 5.92. The molecule has 6 rings (SSSR count). The highest BCUT2D eigenvalue weighted by Crippen LogP contribution is 2.60. The molecule has 6 nitrogen and oxygen atoms in total. The Hall–Kier alpha value is -1.89. The van der Waals surface area contributed by atoms with Gasteiger partial charge >= 0.3 is 5.97 Å². The third kappa shape index (κ3) is 3.66. The minimum atomic E-state index is -0.538. The number of ether oxygens (including phenoxy) is 3. The van der Waals surface area contributed by atoms with Gasteiger partial charge in [-0.3, -0.25) is 4.79 Å². The Balaban J connectivity index is 1.16. The summed E-state index contributed by atoms with van der Waals surface area (Å²) in [7, 11) is 0. The molecule has 4 aliphatic carbocycles. The Morgan fingerprint density at radius 1 is 1.07 bits per heavy atom. The van der Waals surface area contributed by atoms with Crippen LogP contribution in [0.2, 0.25) is 0 Å². The van der Waals surface area contributed by atoms with Gasteiger partial charge in [0.2, 0.25) is 5.79 Å². The maximum Gasteiger partial charge on any atom is 0.302 e. The molecular formula is C24H30O6. The zero-order valence-electron chi connectivity index (χ0n) is 17.5. The van der Waals surface area contributed by atoms with Crippen LogP contribution >= 0.6 is 0 Å². The van der Waals surface area contributed by atoms with Gasteiger partial charge in [0.15, 0.2) is 0 Å². The molecule has 6 heteroatoms. The van der Waals surface area contributed by atoms with Gasteiger partial charge in [0, 0.05) is 18.8 Å². The predicted octanol–water partition coefficient (Wildman–Crippen LogP) is 4.14. The standard InChI is InChI=1S/C24H30O6/c1-15(19-3-5-22(6-4-19)27-8-7-26-16(2)25)23-14-28-24(30-29-23)20-10-17-9-18(12-20)13-21(24)11-17/h3-6,17-18,20-21,23H,1,7-14H2,2H3. The summed E-state index contributed by atoms with van der Waals surface area (Å²) in [5.74, 6) is 2.50. The zero-order chi connectivity index (χ0) is 20.7. The van der Waals surface area contributed by atoms with Crippen LogP contribution in [0.1, 0.15) is 44.6 Å². The highest BCUT2D eigenvalue weighted by atomic mass is 17.2. The van der Waals surface area contributed by atoms with Gasteiger partial charge in [0.25, 0.3) is 0 Å². The lowest BCUT2D eigenvalue weighted by molar-refractivity contribution is -0.517. The van der Waals surface area contributed by atoms with E-state index >= 15 is 0 Å². The molecular weight excluding hydrogens is 384 g/mol. The summed E-state index contributed by atoms with van der Waals surface area (Å²) < 4.78 is 16.9. The smallest absolute Gasteiger partial charge is 0.302 e. The van der Waals surface area contributed by atoms with Crippen molar-refractivity contribution >= 4 is 11.5 Å². The second-order valence-electron chi connectivity index (χ2n) is 9.24. The van der Waals surface area contributed by atoms with Crippen LogP contribution in [-0.4, -0.2) is 37.7 Å². The number of benzene rings is 1. The van der Waals surface area contributed by atoms with Crippen LogP contribution < -0.4 is 4.74 Å². The van der Waals surface area contributed by atoms with Crippen molar-refractivity contribution in [1.29, 1.82) is 0 Å². The first-order valence-electron chi connectivity index (χ1n) is 11.1. The third-order valence-electron chi connectivity index (χ3n) is 7.30. The Bertz CT molecular complexity index is 762. The molecule has 1 aromatic rings. The fourth-order valence-electron chi connectivity index (χ4n) is 6.06. The van der Waals surface area contributed by atoms with Gasteiger partial charge in [-0.15, -0.1) is 0 Å². The first-order chi connectivity index (χ1) is 14.5. The number of hydrogen-bond donors (Lipinski definition) is 0. The maximum absolute atomic E-state index is 10.8. The van der Waals surface area contributed by atoms with E-state index < -0.39 is 5.79 Å². The predicted molar refractivity (Wildman–Crippen MR) is 109 cm³/mol. The highest BCUT2D eigenvalue weighted by molar-refractivity contribution is 5.67. The fraction of sp³-hybridized carbons (Fsp3) is 0.625. The summed E-state index contributed by atoms with van der Waals surface area (Å²) in [4.78, 5) is 22.7. The van der Waals surface area contributed by atoms with Gasteiger partial charge in [0.05, 0.1) is 6.61 Å². The van der Waals surface area contributed by atoms with E-state index in [9.17, 15) is 4.79 Å². The van der Waals surface area contributed by atoms with Crippen molar-refractivity contribution in [2.24, 2.45) is 23.7 Å². The average Bonchev–Trinajstić information content (AvgIpc) is 2.75. The molecule has 1 aromatic carbocycles. The molecule has 0 N–H and O–H groups in total. The molecule has 4 bridgehead atoms. The van der Waals surface area contributed by atoms with E-state index in [2.05, 4.69) is 6.58 Å². The van der Waals surface area contributed by atoms with Crippen LogP contribution in [0, 0.1) is 23.7 Å². The average molecular weight is 414 g/mol. The Morgan fingerprint density at radius 3 is 2.30 bits per heavy atom. The number of esters is 1. The Kier molecular flexibility index (Phi) is 5.33. The summed E-state index contributed by atoms with van der Waals surface area (Å²) in [5.41, 5.74) is 1.79. The number of carbonyl (C=O) groups is 1. The molecule has 1 spiro atoms. The molecule has 5 fully saturated rings. The van der Waals surface area contributed by atoms with Crippen LogP contribution in [-0.2, 0) is 24.0 Å². The fourth-order valence-corrected chi connectivity index (χ4v) is 6.06. The Morgan fingerprint density at radius 2 is 1.73 bits per heavy atom. The van der Waals surface area contributed by atoms with E-state index in [1.807, 2.05) is 24.3 Å².